The second-order valence-corrected chi connectivity index (χ2v) is 3.63. The van der Waals surface area contributed by atoms with Crippen LogP contribution in [-0.4, -0.2) is 10.7 Å². The summed E-state index contributed by atoms with van der Waals surface area (Å²) in [6.45, 7) is 4.25. The summed E-state index contributed by atoms with van der Waals surface area (Å²) in [6, 6.07) is 5.74. The van der Waals surface area contributed by atoms with Crippen LogP contribution in [0, 0.1) is 0 Å². The molecule has 0 spiro atoms. The molecule has 0 amide bonds. The minimum atomic E-state index is 0.798. The summed E-state index contributed by atoms with van der Waals surface area (Å²) in [5, 5.41) is 4.27. The first kappa shape index (κ1) is 11.7. The van der Waals surface area contributed by atoms with E-state index in [1.165, 1.54) is 19.3 Å². The van der Waals surface area contributed by atoms with E-state index in [1.807, 2.05) is 25.1 Å². The smallest absolute Gasteiger partial charge is 0.146 e. The highest BCUT2D eigenvalue weighted by Crippen LogP contribution is 2.03. The van der Waals surface area contributed by atoms with Gasteiger partial charge in [-0.1, -0.05) is 25.8 Å². The third kappa shape index (κ3) is 5.15. The maximum Gasteiger partial charge on any atom is 0.146 e. The van der Waals surface area contributed by atoms with Crippen molar-refractivity contribution in [2.75, 3.05) is 5.43 Å². The number of unbranched alkanes of at least 4 members (excludes halogenated alkanes) is 2. The number of nitrogens with zero attached hydrogens (tertiary/aromatic N) is 2. The summed E-state index contributed by atoms with van der Waals surface area (Å²) in [6.07, 6.45) is 6.56. The summed E-state index contributed by atoms with van der Waals surface area (Å²) < 4.78 is 0. The van der Waals surface area contributed by atoms with Crippen molar-refractivity contribution in [3.8, 4) is 0 Å². The first-order valence-electron chi connectivity index (χ1n) is 5.53. The van der Waals surface area contributed by atoms with Crippen LogP contribution in [0.1, 0.15) is 39.5 Å². The van der Waals surface area contributed by atoms with Crippen LogP contribution < -0.4 is 5.43 Å². The van der Waals surface area contributed by atoms with Crippen molar-refractivity contribution in [3.63, 3.8) is 0 Å². The van der Waals surface area contributed by atoms with Gasteiger partial charge < -0.3 is 0 Å². The monoisotopic (exact) mass is 205 g/mol. The lowest BCUT2D eigenvalue weighted by Crippen LogP contribution is -1.98. The molecule has 1 heterocycles. The molecule has 3 nitrogen and oxygen atoms in total. The van der Waals surface area contributed by atoms with Gasteiger partial charge in [0.15, 0.2) is 0 Å². The summed E-state index contributed by atoms with van der Waals surface area (Å²) >= 11 is 0. The van der Waals surface area contributed by atoms with Crippen LogP contribution >= 0.6 is 0 Å². The van der Waals surface area contributed by atoms with Gasteiger partial charge >= 0.3 is 0 Å². The van der Waals surface area contributed by atoms with Gasteiger partial charge in [0, 0.05) is 11.9 Å². The summed E-state index contributed by atoms with van der Waals surface area (Å²) in [7, 11) is 0. The average Bonchev–Trinajstić information content (AvgIpc) is 2.28. The third-order valence-corrected chi connectivity index (χ3v) is 2.17. The molecule has 0 aliphatic rings. The Morgan fingerprint density at radius 3 is 2.93 bits per heavy atom. The highest BCUT2D eigenvalue weighted by Gasteiger charge is 1.92. The maximum atomic E-state index is 4.27. The summed E-state index contributed by atoms with van der Waals surface area (Å²) in [5.74, 6) is 0.798. The summed E-state index contributed by atoms with van der Waals surface area (Å²) in [4.78, 5) is 4.13. The lowest BCUT2D eigenvalue weighted by atomic mass is 10.1. The summed E-state index contributed by atoms with van der Waals surface area (Å²) in [5.41, 5.74) is 4.08. The minimum Gasteiger partial charge on any atom is -0.261 e. The van der Waals surface area contributed by atoms with Gasteiger partial charge in [-0.05, 0) is 31.9 Å². The van der Waals surface area contributed by atoms with E-state index in [0.29, 0.717) is 0 Å². The van der Waals surface area contributed by atoms with E-state index in [-0.39, 0.29) is 0 Å². The minimum absolute atomic E-state index is 0.798. The fraction of sp³-hybridized carbons (Fsp3) is 0.500. The number of rotatable bonds is 6. The quantitative estimate of drug-likeness (QED) is 0.439. The van der Waals surface area contributed by atoms with Gasteiger partial charge in [0.25, 0.3) is 0 Å². The SMILES string of the molecule is CCCCC/C(C)=N\Nc1ccccn1. The van der Waals surface area contributed by atoms with Crippen LogP contribution in [-0.2, 0) is 0 Å². The molecule has 0 aliphatic heterocycles. The molecule has 0 aliphatic carbocycles. The molecule has 1 rings (SSSR count). The van der Waals surface area contributed by atoms with Crippen molar-refractivity contribution in [1.82, 2.24) is 4.98 Å². The van der Waals surface area contributed by atoms with Crippen molar-refractivity contribution in [2.24, 2.45) is 5.10 Å². The molecule has 1 aromatic rings. The van der Waals surface area contributed by atoms with Crippen LogP contribution in [0.3, 0.4) is 0 Å². The van der Waals surface area contributed by atoms with Crippen molar-refractivity contribution in [3.05, 3.63) is 24.4 Å². The largest absolute Gasteiger partial charge is 0.261 e. The van der Waals surface area contributed by atoms with E-state index in [9.17, 15) is 0 Å². The first-order valence-corrected chi connectivity index (χ1v) is 5.53. The molecule has 0 aromatic carbocycles. The van der Waals surface area contributed by atoms with Gasteiger partial charge in [0.2, 0.25) is 0 Å². The Balaban J connectivity index is 2.31. The second kappa shape index (κ2) is 6.98. The fourth-order valence-corrected chi connectivity index (χ4v) is 1.27. The predicted molar refractivity (Wildman–Crippen MR) is 65.1 cm³/mol. The van der Waals surface area contributed by atoms with Crippen molar-refractivity contribution in [1.29, 1.82) is 0 Å². The Morgan fingerprint density at radius 1 is 1.40 bits per heavy atom. The number of pyridine rings is 1. The Kier molecular flexibility index (Phi) is 5.44. The van der Waals surface area contributed by atoms with E-state index < -0.39 is 0 Å². The van der Waals surface area contributed by atoms with Gasteiger partial charge in [-0.25, -0.2) is 4.98 Å². The molecule has 82 valence electrons. The number of hydrogen-bond donors (Lipinski definition) is 1. The van der Waals surface area contributed by atoms with Crippen molar-refractivity contribution >= 4 is 11.5 Å². The Morgan fingerprint density at radius 2 is 2.27 bits per heavy atom. The van der Waals surface area contributed by atoms with E-state index in [1.54, 1.807) is 6.20 Å². The van der Waals surface area contributed by atoms with E-state index >= 15 is 0 Å². The molecular weight excluding hydrogens is 186 g/mol. The zero-order valence-electron chi connectivity index (χ0n) is 9.53. The van der Waals surface area contributed by atoms with E-state index in [4.69, 9.17) is 0 Å². The molecule has 0 fully saturated rings. The molecule has 0 radical (unpaired) electrons. The van der Waals surface area contributed by atoms with Crippen LogP contribution in [0.2, 0.25) is 0 Å². The Hall–Kier alpha value is -1.38. The number of anilines is 1. The average molecular weight is 205 g/mol. The molecule has 0 saturated carbocycles. The number of nitrogens with one attached hydrogen (secondary N) is 1. The highest BCUT2D eigenvalue weighted by atomic mass is 15.3. The lowest BCUT2D eigenvalue weighted by Gasteiger charge is -2.01. The van der Waals surface area contributed by atoms with Gasteiger partial charge in [-0.15, -0.1) is 0 Å². The van der Waals surface area contributed by atoms with E-state index in [0.717, 1.165) is 18.0 Å². The molecule has 1 aromatic heterocycles. The number of aromatic nitrogens is 1. The lowest BCUT2D eigenvalue weighted by molar-refractivity contribution is 0.740. The molecule has 15 heavy (non-hydrogen) atoms. The van der Waals surface area contributed by atoms with Crippen molar-refractivity contribution < 1.29 is 0 Å². The highest BCUT2D eigenvalue weighted by molar-refractivity contribution is 5.82. The maximum absolute atomic E-state index is 4.27. The Bertz CT molecular complexity index is 293. The second-order valence-electron chi connectivity index (χ2n) is 3.63. The van der Waals surface area contributed by atoms with Crippen LogP contribution in [0.5, 0.6) is 0 Å². The first-order chi connectivity index (χ1) is 7.33. The zero-order valence-corrected chi connectivity index (χ0v) is 9.53. The van der Waals surface area contributed by atoms with E-state index in [2.05, 4.69) is 22.4 Å². The van der Waals surface area contributed by atoms with Gasteiger partial charge in [0.05, 0.1) is 0 Å². The molecule has 3 heteroatoms. The Labute approximate surface area is 91.6 Å². The number of hydrogen-bond acceptors (Lipinski definition) is 3. The molecule has 1 N–H and O–H groups in total. The molecule has 0 saturated heterocycles. The molecular formula is C12H19N3. The van der Waals surface area contributed by atoms with Gasteiger partial charge in [0.1, 0.15) is 5.82 Å². The third-order valence-electron chi connectivity index (χ3n) is 2.17. The molecule has 0 atom stereocenters. The number of hydrazone groups is 1. The van der Waals surface area contributed by atoms with Crippen LogP contribution in [0.25, 0.3) is 0 Å². The fourth-order valence-electron chi connectivity index (χ4n) is 1.27. The van der Waals surface area contributed by atoms with Crippen molar-refractivity contribution in [2.45, 2.75) is 39.5 Å². The molecule has 0 bridgehead atoms. The topological polar surface area (TPSA) is 37.3 Å². The van der Waals surface area contributed by atoms with Crippen LogP contribution in [0.4, 0.5) is 5.82 Å². The predicted octanol–water partition coefficient (Wildman–Crippen LogP) is 3.45. The molecule has 0 unspecified atom stereocenters. The van der Waals surface area contributed by atoms with Gasteiger partial charge in [-0.3, -0.25) is 5.43 Å². The van der Waals surface area contributed by atoms with Gasteiger partial charge in [-0.2, -0.15) is 5.10 Å². The standard InChI is InChI=1S/C12H19N3/c1-3-4-5-8-11(2)14-15-12-9-6-7-10-13-12/h6-7,9-10H,3-5,8H2,1-2H3,(H,13,15)/b14-11-. The zero-order chi connectivity index (χ0) is 10.9. The normalized spacial score (nSPS) is 11.5. The van der Waals surface area contributed by atoms with Crippen LogP contribution in [0.15, 0.2) is 29.5 Å².